The molecule has 3 aromatic rings. The molecule has 0 aliphatic carbocycles. The largest absolute Gasteiger partial charge is 0.329 e. The Balaban J connectivity index is 2.02. The number of pyridine rings is 1. The third-order valence-electron chi connectivity index (χ3n) is 3.77. The Morgan fingerprint density at radius 3 is 2.48 bits per heavy atom. The van der Waals surface area contributed by atoms with Gasteiger partial charge in [0.15, 0.2) is 0 Å². The van der Waals surface area contributed by atoms with Crippen molar-refractivity contribution in [3.8, 4) is 0 Å². The van der Waals surface area contributed by atoms with E-state index in [0.717, 1.165) is 0 Å². The first-order valence-corrected chi connectivity index (χ1v) is 8.21. The van der Waals surface area contributed by atoms with Crippen LogP contribution in [-0.2, 0) is 13.6 Å². The van der Waals surface area contributed by atoms with Crippen LogP contribution in [0.5, 0.6) is 0 Å². The number of halogens is 3. The van der Waals surface area contributed by atoms with Crippen molar-refractivity contribution >= 4 is 34.8 Å². The van der Waals surface area contributed by atoms with Crippen LogP contribution in [0.1, 0.15) is 16.2 Å². The SMILES string of the molecule is Cn1c(C(=O)N(Cc2ccccn2)c2ccc(F)cc2)cc(Cl)c1Cl. The summed E-state index contributed by atoms with van der Waals surface area (Å²) in [6.07, 6.45) is 1.65. The quantitative estimate of drug-likeness (QED) is 0.659. The van der Waals surface area contributed by atoms with Gasteiger partial charge in [-0.15, -0.1) is 0 Å². The monoisotopic (exact) mass is 377 g/mol. The minimum Gasteiger partial charge on any atom is -0.329 e. The molecular weight excluding hydrogens is 364 g/mol. The van der Waals surface area contributed by atoms with Crippen LogP contribution < -0.4 is 4.90 Å². The second-order valence-electron chi connectivity index (χ2n) is 5.42. The lowest BCUT2D eigenvalue weighted by Crippen LogP contribution is -2.32. The van der Waals surface area contributed by atoms with Crippen molar-refractivity contribution in [3.63, 3.8) is 0 Å². The van der Waals surface area contributed by atoms with Gasteiger partial charge in [-0.05, 0) is 42.5 Å². The van der Waals surface area contributed by atoms with E-state index in [1.54, 1.807) is 31.4 Å². The number of carbonyl (C=O) groups is 1. The molecule has 0 spiro atoms. The number of hydrogen-bond donors (Lipinski definition) is 0. The van der Waals surface area contributed by atoms with E-state index in [4.69, 9.17) is 23.2 Å². The van der Waals surface area contributed by atoms with Crippen molar-refractivity contribution in [3.05, 3.63) is 82.1 Å². The van der Waals surface area contributed by atoms with Crippen molar-refractivity contribution in [2.24, 2.45) is 7.05 Å². The van der Waals surface area contributed by atoms with Crippen molar-refractivity contribution in [1.29, 1.82) is 0 Å². The summed E-state index contributed by atoms with van der Waals surface area (Å²) in [6.45, 7) is 0.228. The molecule has 25 heavy (non-hydrogen) atoms. The molecule has 0 bridgehead atoms. The minimum absolute atomic E-state index is 0.228. The summed E-state index contributed by atoms with van der Waals surface area (Å²) in [5, 5.41) is 0.575. The lowest BCUT2D eigenvalue weighted by atomic mass is 10.2. The Hall–Kier alpha value is -2.37. The molecule has 1 aromatic carbocycles. The highest BCUT2D eigenvalue weighted by Crippen LogP contribution is 2.28. The Bertz CT molecular complexity index is 895. The van der Waals surface area contributed by atoms with Gasteiger partial charge in [0.05, 0.1) is 17.3 Å². The zero-order chi connectivity index (χ0) is 18.0. The number of carbonyl (C=O) groups excluding carboxylic acids is 1. The summed E-state index contributed by atoms with van der Waals surface area (Å²) in [4.78, 5) is 18.8. The molecule has 0 saturated carbocycles. The van der Waals surface area contributed by atoms with Crippen LogP contribution in [0.25, 0.3) is 0 Å². The normalized spacial score (nSPS) is 10.7. The topological polar surface area (TPSA) is 38.1 Å². The summed E-state index contributed by atoms with van der Waals surface area (Å²) < 4.78 is 14.8. The predicted octanol–water partition coefficient (Wildman–Crippen LogP) is 4.71. The fourth-order valence-electron chi connectivity index (χ4n) is 2.44. The Labute approximate surface area is 154 Å². The standard InChI is InChI=1S/C18H14Cl2FN3O/c1-23-16(10-15(19)17(23)20)18(25)24(11-13-4-2-3-9-22-13)14-7-5-12(21)6-8-14/h2-10H,11H2,1H3. The first-order chi connectivity index (χ1) is 12.0. The van der Waals surface area contributed by atoms with E-state index in [2.05, 4.69) is 4.98 Å². The number of aromatic nitrogens is 2. The third kappa shape index (κ3) is 3.67. The summed E-state index contributed by atoms with van der Waals surface area (Å²) in [6, 6.07) is 12.7. The van der Waals surface area contributed by atoms with E-state index < -0.39 is 0 Å². The summed E-state index contributed by atoms with van der Waals surface area (Å²) in [5.41, 5.74) is 1.58. The van der Waals surface area contributed by atoms with Gasteiger partial charge in [0.2, 0.25) is 0 Å². The van der Waals surface area contributed by atoms with Crippen LogP contribution in [-0.4, -0.2) is 15.5 Å². The minimum atomic E-state index is -0.376. The zero-order valence-electron chi connectivity index (χ0n) is 13.3. The van der Waals surface area contributed by atoms with Crippen LogP contribution in [0.4, 0.5) is 10.1 Å². The molecule has 2 aromatic heterocycles. The fraction of sp³-hybridized carbons (Fsp3) is 0.111. The number of nitrogens with zero attached hydrogens (tertiary/aromatic N) is 3. The highest BCUT2D eigenvalue weighted by molar-refractivity contribution is 6.42. The molecule has 0 N–H and O–H groups in total. The summed E-state index contributed by atoms with van der Waals surface area (Å²) in [7, 11) is 1.66. The molecule has 7 heteroatoms. The van der Waals surface area contributed by atoms with E-state index in [1.807, 2.05) is 12.1 Å². The molecule has 0 radical (unpaired) electrons. The van der Waals surface area contributed by atoms with Crippen molar-refractivity contribution in [2.45, 2.75) is 6.54 Å². The molecule has 0 aliphatic rings. The van der Waals surface area contributed by atoms with Gasteiger partial charge in [0.25, 0.3) is 5.91 Å². The van der Waals surface area contributed by atoms with E-state index in [9.17, 15) is 9.18 Å². The van der Waals surface area contributed by atoms with Gasteiger partial charge in [0.1, 0.15) is 16.7 Å². The van der Waals surface area contributed by atoms with E-state index >= 15 is 0 Å². The lowest BCUT2D eigenvalue weighted by Gasteiger charge is -2.23. The summed E-state index contributed by atoms with van der Waals surface area (Å²) in [5.74, 6) is -0.687. The smallest absolute Gasteiger partial charge is 0.275 e. The van der Waals surface area contributed by atoms with Crippen molar-refractivity contribution in [2.75, 3.05) is 4.90 Å². The Kier molecular flexibility index (Phi) is 5.06. The van der Waals surface area contributed by atoms with Gasteiger partial charge in [-0.25, -0.2) is 4.39 Å². The maximum absolute atomic E-state index is 13.3. The van der Waals surface area contributed by atoms with Gasteiger partial charge in [0, 0.05) is 18.9 Å². The number of rotatable bonds is 4. The van der Waals surface area contributed by atoms with Crippen LogP contribution in [0.2, 0.25) is 10.2 Å². The second-order valence-corrected chi connectivity index (χ2v) is 6.18. The summed E-state index contributed by atoms with van der Waals surface area (Å²) >= 11 is 12.1. The van der Waals surface area contributed by atoms with Gasteiger partial charge >= 0.3 is 0 Å². The first-order valence-electron chi connectivity index (χ1n) is 7.45. The van der Waals surface area contributed by atoms with Crippen LogP contribution in [0.3, 0.4) is 0 Å². The van der Waals surface area contributed by atoms with Gasteiger partial charge < -0.3 is 9.47 Å². The molecule has 3 rings (SSSR count). The maximum Gasteiger partial charge on any atom is 0.275 e. The van der Waals surface area contributed by atoms with Crippen LogP contribution in [0, 0.1) is 5.82 Å². The number of amides is 1. The Morgan fingerprint density at radius 1 is 1.20 bits per heavy atom. The molecule has 128 valence electrons. The van der Waals surface area contributed by atoms with E-state index in [-0.39, 0.29) is 23.4 Å². The highest BCUT2D eigenvalue weighted by atomic mass is 35.5. The van der Waals surface area contributed by atoms with Crippen molar-refractivity contribution in [1.82, 2.24) is 9.55 Å². The molecule has 0 unspecified atom stereocenters. The van der Waals surface area contributed by atoms with Gasteiger partial charge in [-0.3, -0.25) is 9.78 Å². The molecule has 4 nitrogen and oxygen atoms in total. The predicted molar refractivity (Wildman–Crippen MR) is 96.6 cm³/mol. The number of benzene rings is 1. The molecule has 2 heterocycles. The maximum atomic E-state index is 13.3. The van der Waals surface area contributed by atoms with E-state index in [0.29, 0.717) is 22.1 Å². The molecular formula is C18H14Cl2FN3O. The Morgan fingerprint density at radius 2 is 1.92 bits per heavy atom. The average molecular weight is 378 g/mol. The molecule has 0 fully saturated rings. The molecule has 1 amide bonds. The second kappa shape index (κ2) is 7.25. The molecule has 0 atom stereocenters. The zero-order valence-corrected chi connectivity index (χ0v) is 14.8. The lowest BCUT2D eigenvalue weighted by molar-refractivity contribution is 0.0977. The molecule has 0 saturated heterocycles. The fourth-order valence-corrected chi connectivity index (χ4v) is 2.82. The van der Waals surface area contributed by atoms with Gasteiger partial charge in [-0.1, -0.05) is 29.3 Å². The number of hydrogen-bond acceptors (Lipinski definition) is 2. The van der Waals surface area contributed by atoms with E-state index in [1.165, 1.54) is 27.7 Å². The van der Waals surface area contributed by atoms with Gasteiger partial charge in [-0.2, -0.15) is 0 Å². The first kappa shape index (κ1) is 17.5. The third-order valence-corrected chi connectivity index (χ3v) is 4.61. The highest BCUT2D eigenvalue weighted by Gasteiger charge is 2.23. The van der Waals surface area contributed by atoms with Crippen molar-refractivity contribution < 1.29 is 9.18 Å². The van der Waals surface area contributed by atoms with Crippen LogP contribution >= 0.6 is 23.2 Å². The average Bonchev–Trinajstić information content (AvgIpc) is 2.88. The van der Waals surface area contributed by atoms with Crippen LogP contribution in [0.15, 0.2) is 54.7 Å². The number of anilines is 1. The molecule has 0 aliphatic heterocycles.